The third-order valence-corrected chi connectivity index (χ3v) is 19.8. The van der Waals surface area contributed by atoms with Gasteiger partial charge in [0.05, 0.1) is 87.9 Å². The van der Waals surface area contributed by atoms with E-state index in [0.717, 1.165) is 61.0 Å². The molecule has 2 aliphatic carbocycles. The SMILES string of the molecule is COc1cc2c(cc1OCCCCCOc1cc3c(cc1OC)C(=O)N1CC4(CC4)C[C@H]1[C@H](O)N3COCc1ccc(NC(=O)[C@H](C)NC(=O)[C@@H](NC(=O)CNC(=O)CNC(=O)CCC(=O)N3Cc4ccccc4C#Cc4ccccc43)C(C)C)cc1)NC[C@@H]1CC3(CC3)CN1C2=O. The summed E-state index contributed by atoms with van der Waals surface area (Å²) in [6, 6.07) is 26.5. The highest BCUT2D eigenvalue weighted by molar-refractivity contribution is 6.03. The molecule has 0 unspecified atom stereocenters. The number of ether oxygens (including phenoxy) is 5. The minimum Gasteiger partial charge on any atom is -0.493 e. The Morgan fingerprint density at radius 3 is 2.01 bits per heavy atom. The van der Waals surface area contributed by atoms with Crippen molar-refractivity contribution in [2.75, 3.05) is 87.3 Å². The molecule has 8 amide bonds. The van der Waals surface area contributed by atoms with Crippen molar-refractivity contribution in [1.82, 2.24) is 31.1 Å². The molecule has 4 fully saturated rings. The quantitative estimate of drug-likeness (QED) is 0.0215. The zero-order valence-electron chi connectivity index (χ0n) is 56.1. The molecule has 5 heterocycles. The van der Waals surface area contributed by atoms with Gasteiger partial charge in [0.25, 0.3) is 11.8 Å². The molecule has 0 bridgehead atoms. The number of benzene rings is 5. The molecule has 7 N–H and O–H groups in total. The van der Waals surface area contributed by atoms with Crippen molar-refractivity contribution >= 4 is 70.0 Å². The van der Waals surface area contributed by atoms with Crippen LogP contribution in [0.4, 0.5) is 22.7 Å². The summed E-state index contributed by atoms with van der Waals surface area (Å²) in [5, 5.41) is 28.8. The van der Waals surface area contributed by atoms with Crippen LogP contribution in [0.2, 0.25) is 0 Å². The van der Waals surface area contributed by atoms with E-state index in [-0.39, 0.29) is 61.9 Å². The first-order valence-corrected chi connectivity index (χ1v) is 33.9. The van der Waals surface area contributed by atoms with Gasteiger partial charge >= 0.3 is 0 Å². The zero-order valence-corrected chi connectivity index (χ0v) is 56.1. The maximum absolute atomic E-state index is 14.5. The van der Waals surface area contributed by atoms with Gasteiger partial charge in [-0.2, -0.15) is 0 Å². The fourth-order valence-electron chi connectivity index (χ4n) is 13.8. The van der Waals surface area contributed by atoms with Gasteiger partial charge in [0.2, 0.25) is 35.4 Å². The lowest BCUT2D eigenvalue weighted by Crippen LogP contribution is -2.55. The second-order valence-electron chi connectivity index (χ2n) is 27.2. The van der Waals surface area contributed by atoms with Crippen LogP contribution < -0.4 is 60.6 Å². The summed E-state index contributed by atoms with van der Waals surface area (Å²) in [6.45, 7) is 7.13. The summed E-state index contributed by atoms with van der Waals surface area (Å²) in [4.78, 5) is 114. The third-order valence-electron chi connectivity index (χ3n) is 19.8. The predicted molar refractivity (Wildman–Crippen MR) is 364 cm³/mol. The zero-order chi connectivity index (χ0) is 68.8. The van der Waals surface area contributed by atoms with E-state index in [9.17, 15) is 43.5 Å². The van der Waals surface area contributed by atoms with E-state index in [2.05, 4.69) is 43.7 Å². The number of aliphatic hydroxyl groups is 1. The molecule has 24 nitrogen and oxygen atoms in total. The van der Waals surface area contributed by atoms with Crippen LogP contribution in [0.15, 0.2) is 97.1 Å². The van der Waals surface area contributed by atoms with Crippen LogP contribution in [-0.4, -0.2) is 159 Å². The van der Waals surface area contributed by atoms with Gasteiger partial charge in [-0.1, -0.05) is 68.2 Å². The molecular formula is C74H86N10O14. The Morgan fingerprint density at radius 2 is 1.30 bits per heavy atom. The van der Waals surface area contributed by atoms with Gasteiger partial charge in [-0.15, -0.1) is 0 Å². The summed E-state index contributed by atoms with van der Waals surface area (Å²) in [5.74, 6) is 4.32. The van der Waals surface area contributed by atoms with Crippen LogP contribution in [0.25, 0.3) is 0 Å². The van der Waals surface area contributed by atoms with E-state index >= 15 is 0 Å². The number of fused-ring (bicyclic) bond motifs is 6. The summed E-state index contributed by atoms with van der Waals surface area (Å²) in [7, 11) is 3.11. The number of hydrogen-bond acceptors (Lipinski definition) is 16. The van der Waals surface area contributed by atoms with Gasteiger partial charge in [0, 0.05) is 67.5 Å². The summed E-state index contributed by atoms with van der Waals surface area (Å²) >= 11 is 0. The summed E-state index contributed by atoms with van der Waals surface area (Å²) in [5.41, 5.74) is 6.67. The maximum atomic E-state index is 14.5. The Kier molecular flexibility index (Phi) is 20.5. The molecule has 516 valence electrons. The van der Waals surface area contributed by atoms with Crippen molar-refractivity contribution in [3.05, 3.63) is 130 Å². The van der Waals surface area contributed by atoms with Gasteiger partial charge in [0.1, 0.15) is 25.0 Å². The van der Waals surface area contributed by atoms with Crippen LogP contribution in [0.3, 0.4) is 0 Å². The van der Waals surface area contributed by atoms with Gasteiger partial charge in [0.15, 0.2) is 23.0 Å². The highest BCUT2D eigenvalue weighted by atomic mass is 16.5. The Labute approximate surface area is 570 Å². The van der Waals surface area contributed by atoms with Crippen molar-refractivity contribution in [3.8, 4) is 34.8 Å². The number of para-hydroxylation sites is 1. The van der Waals surface area contributed by atoms with E-state index in [1.807, 2.05) is 59.5 Å². The van der Waals surface area contributed by atoms with Crippen LogP contribution in [0, 0.1) is 28.6 Å². The van der Waals surface area contributed by atoms with Crippen molar-refractivity contribution in [3.63, 3.8) is 0 Å². The van der Waals surface area contributed by atoms with E-state index in [0.29, 0.717) is 101 Å². The Balaban J connectivity index is 0.581. The molecule has 5 aromatic rings. The lowest BCUT2D eigenvalue weighted by atomic mass is 10.0. The van der Waals surface area contributed by atoms with Crippen molar-refractivity contribution < 1.29 is 67.1 Å². The highest BCUT2D eigenvalue weighted by Crippen LogP contribution is 2.58. The van der Waals surface area contributed by atoms with Gasteiger partial charge in [-0.25, -0.2) is 0 Å². The van der Waals surface area contributed by atoms with Crippen molar-refractivity contribution in [2.24, 2.45) is 16.7 Å². The average Bonchev–Trinajstić information content (AvgIpc) is 1.58. The topological polar surface area (TPSA) is 288 Å². The molecule has 98 heavy (non-hydrogen) atoms. The molecule has 7 aliphatic rings. The maximum Gasteiger partial charge on any atom is 0.256 e. The normalized spacial score (nSPS) is 19.2. The Morgan fingerprint density at radius 1 is 0.663 bits per heavy atom. The van der Waals surface area contributed by atoms with Crippen molar-refractivity contribution in [1.29, 1.82) is 0 Å². The highest BCUT2D eigenvalue weighted by Gasteiger charge is 2.57. The molecule has 2 saturated heterocycles. The average molecular weight is 1340 g/mol. The van der Waals surface area contributed by atoms with Gasteiger partial charge in [-0.05, 0) is 135 Å². The first kappa shape index (κ1) is 68.1. The molecule has 2 spiro atoms. The number of hydrogen-bond donors (Lipinski definition) is 7. The minimum atomic E-state index is -1.09. The van der Waals surface area contributed by atoms with Crippen molar-refractivity contribution in [2.45, 2.75) is 135 Å². The van der Waals surface area contributed by atoms with Gasteiger partial charge in [-0.3, -0.25) is 38.4 Å². The molecule has 0 aromatic heterocycles. The molecule has 24 heteroatoms. The second kappa shape index (κ2) is 29.5. The molecule has 0 radical (unpaired) electrons. The first-order valence-electron chi connectivity index (χ1n) is 33.9. The minimum absolute atomic E-state index is 0.00503. The summed E-state index contributed by atoms with van der Waals surface area (Å²) in [6.07, 6.45) is 6.84. The Hall–Kier alpha value is -9.86. The van der Waals surface area contributed by atoms with Crippen LogP contribution in [-0.2, 0) is 46.7 Å². The van der Waals surface area contributed by atoms with E-state index in [4.69, 9.17) is 23.7 Å². The third kappa shape index (κ3) is 15.4. The lowest BCUT2D eigenvalue weighted by molar-refractivity contribution is -0.132. The summed E-state index contributed by atoms with van der Waals surface area (Å²) < 4.78 is 30.4. The standard InChI is InChI=1S/C74H86N10O14/c1-45(2)67(80-65(87)39-77-64(86)38-76-63(85)23-24-66(88)81-40-50-15-8-7-13-48(50)19-20-49-14-9-10-16-56(49)81)69(90)78-46(3)68(89)79-51-21-17-47(18-22-51)41-96-44-84-57-34-62(60(95-5)32-54(57)71(92)83-43-74(27-28-74)36-58(83)72(84)93)98-30-12-6-11-29-97-61-33-55-53(31-59(61)94-4)70(91)82-42-73(25-26-73)35-52(82)37-75-55/h7-10,13-18,21-22,31-34,45-46,52,58,67,72,75,93H,6,11-12,23-30,35-44H2,1-5H3,(H,76,85)(H,77,86)(H,78,90)(H,79,89)(H,80,87)/t46-,52-,58-,67-,72-/m0/s1. The van der Waals surface area contributed by atoms with Crippen LogP contribution in [0.1, 0.15) is 134 Å². The van der Waals surface area contributed by atoms with E-state index in [1.165, 1.54) is 26.9 Å². The second-order valence-corrected chi connectivity index (χ2v) is 27.2. The number of anilines is 4. The molecule has 5 aliphatic heterocycles. The Bertz CT molecular complexity index is 3950. The predicted octanol–water partition coefficient (Wildman–Crippen LogP) is 6.60. The smallest absolute Gasteiger partial charge is 0.256 e. The van der Waals surface area contributed by atoms with Crippen LogP contribution in [0.5, 0.6) is 23.0 Å². The number of carbonyl (C=O) groups is 8. The number of methoxy groups -OCH3 is 2. The number of nitrogens with one attached hydrogen (secondary N) is 6. The molecule has 2 saturated carbocycles. The monoisotopic (exact) mass is 1340 g/mol. The molecule has 5 atom stereocenters. The van der Waals surface area contributed by atoms with E-state index < -0.39 is 72.9 Å². The number of unbranched alkanes of at least 4 members (excludes halogenated alkanes) is 2. The largest absolute Gasteiger partial charge is 0.493 e. The number of aliphatic hydroxyl groups excluding tert-OH is 1. The lowest BCUT2D eigenvalue weighted by Gasteiger charge is -2.33. The molecule has 5 aromatic carbocycles. The van der Waals surface area contributed by atoms with Crippen LogP contribution >= 0.6 is 0 Å². The first-order chi connectivity index (χ1) is 47.3. The number of amides is 8. The number of rotatable bonds is 27. The van der Waals surface area contributed by atoms with Gasteiger partial charge < -0.3 is 80.3 Å². The number of carbonyl (C=O) groups excluding carboxylic acids is 8. The molecular weight excluding hydrogens is 1250 g/mol. The number of nitrogens with zero attached hydrogens (tertiary/aromatic N) is 4. The fraction of sp³-hybridized carbons (Fsp3) is 0.459. The molecule has 12 rings (SSSR count). The van der Waals surface area contributed by atoms with E-state index in [1.54, 1.807) is 78.1 Å². The fourth-order valence-corrected chi connectivity index (χ4v) is 13.8.